The Labute approximate surface area is 173 Å². The van der Waals surface area contributed by atoms with Crippen LogP contribution in [-0.2, 0) is 11.3 Å². The van der Waals surface area contributed by atoms with Crippen LogP contribution >= 0.6 is 22.9 Å². The summed E-state index contributed by atoms with van der Waals surface area (Å²) in [6.45, 7) is 7.90. The van der Waals surface area contributed by atoms with Gasteiger partial charge in [0.1, 0.15) is 0 Å². The third kappa shape index (κ3) is 3.66. The van der Waals surface area contributed by atoms with Gasteiger partial charge in [-0.25, -0.2) is 4.98 Å². The number of rotatable bonds is 5. The van der Waals surface area contributed by atoms with Crippen molar-refractivity contribution in [2.24, 2.45) is 0 Å². The van der Waals surface area contributed by atoms with Crippen LogP contribution < -0.4 is 4.90 Å². The standard InChI is InChI=1S/C20H23ClN4O2S/c1-4-25-13(3)9-16(23-25)19(26)24(11-15-6-5-7-27-15)20-22-18-12(2)8-14(21)10-17(18)28-20/h8-10,15H,4-7,11H2,1-3H3. The van der Waals surface area contributed by atoms with Gasteiger partial charge in [0.2, 0.25) is 0 Å². The Hall–Kier alpha value is -1.96. The highest BCUT2D eigenvalue weighted by molar-refractivity contribution is 7.22. The molecule has 1 fully saturated rings. The second kappa shape index (κ2) is 7.81. The van der Waals surface area contributed by atoms with E-state index in [0.717, 1.165) is 47.5 Å². The van der Waals surface area contributed by atoms with E-state index in [9.17, 15) is 4.79 Å². The Morgan fingerprint density at radius 3 is 2.89 bits per heavy atom. The van der Waals surface area contributed by atoms with Crippen LogP contribution in [0.1, 0.15) is 41.5 Å². The summed E-state index contributed by atoms with van der Waals surface area (Å²) >= 11 is 7.69. The minimum absolute atomic E-state index is 0.0232. The molecule has 0 saturated carbocycles. The summed E-state index contributed by atoms with van der Waals surface area (Å²) in [5.41, 5.74) is 3.28. The zero-order valence-electron chi connectivity index (χ0n) is 16.2. The molecule has 6 nitrogen and oxygen atoms in total. The predicted molar refractivity (Wildman–Crippen MR) is 113 cm³/mol. The van der Waals surface area contributed by atoms with Crippen molar-refractivity contribution in [2.45, 2.75) is 46.3 Å². The average Bonchev–Trinajstić information content (AvgIpc) is 3.38. The summed E-state index contributed by atoms with van der Waals surface area (Å²) in [6, 6.07) is 5.63. The van der Waals surface area contributed by atoms with Crippen molar-refractivity contribution in [3.8, 4) is 0 Å². The number of carbonyl (C=O) groups excluding carboxylic acids is 1. The number of anilines is 1. The molecular formula is C20H23ClN4O2S. The number of fused-ring (bicyclic) bond motifs is 1. The quantitative estimate of drug-likeness (QED) is 0.607. The highest BCUT2D eigenvalue weighted by Gasteiger charge is 2.29. The average molecular weight is 419 g/mol. The maximum absolute atomic E-state index is 13.4. The number of halogens is 1. The van der Waals surface area contributed by atoms with E-state index >= 15 is 0 Å². The van der Waals surface area contributed by atoms with Gasteiger partial charge in [0.05, 0.1) is 22.9 Å². The van der Waals surface area contributed by atoms with Crippen LogP contribution in [0.25, 0.3) is 10.2 Å². The molecular weight excluding hydrogens is 396 g/mol. The van der Waals surface area contributed by atoms with Crippen molar-refractivity contribution in [1.29, 1.82) is 0 Å². The number of benzene rings is 1. The lowest BCUT2D eigenvalue weighted by Gasteiger charge is -2.22. The number of amides is 1. The third-order valence-corrected chi connectivity index (χ3v) is 6.27. The van der Waals surface area contributed by atoms with Crippen molar-refractivity contribution < 1.29 is 9.53 Å². The highest BCUT2D eigenvalue weighted by Crippen LogP contribution is 2.34. The molecule has 1 atom stereocenters. The van der Waals surface area contributed by atoms with Crippen LogP contribution in [-0.4, -0.2) is 39.9 Å². The zero-order chi connectivity index (χ0) is 19.8. The lowest BCUT2D eigenvalue weighted by atomic mass is 10.2. The van der Waals surface area contributed by atoms with Gasteiger partial charge in [0.25, 0.3) is 5.91 Å². The molecule has 28 heavy (non-hydrogen) atoms. The van der Waals surface area contributed by atoms with E-state index in [-0.39, 0.29) is 12.0 Å². The Bertz CT molecular complexity index is 1020. The number of thiazole rings is 1. The number of aryl methyl sites for hydroxylation is 3. The molecule has 1 aliphatic rings. The molecule has 148 valence electrons. The highest BCUT2D eigenvalue weighted by atomic mass is 35.5. The molecule has 0 N–H and O–H groups in total. The van der Waals surface area contributed by atoms with Crippen LogP contribution in [0.2, 0.25) is 5.02 Å². The smallest absolute Gasteiger partial charge is 0.280 e. The number of carbonyl (C=O) groups is 1. The molecule has 1 amide bonds. The fourth-order valence-corrected chi connectivity index (χ4v) is 5.00. The molecule has 2 aromatic heterocycles. The SMILES string of the molecule is CCn1nc(C(=O)N(CC2CCCO2)c2nc3c(C)cc(Cl)cc3s2)cc1C. The molecule has 0 radical (unpaired) electrons. The molecule has 0 spiro atoms. The topological polar surface area (TPSA) is 60.2 Å². The summed E-state index contributed by atoms with van der Waals surface area (Å²) in [5.74, 6) is -0.145. The maximum Gasteiger partial charge on any atom is 0.280 e. The summed E-state index contributed by atoms with van der Waals surface area (Å²) in [5, 5.41) is 5.81. The summed E-state index contributed by atoms with van der Waals surface area (Å²) in [4.78, 5) is 19.9. The predicted octanol–water partition coefficient (Wildman–Crippen LogP) is 4.61. The molecule has 1 saturated heterocycles. The Balaban J connectivity index is 1.74. The Kier molecular flexibility index (Phi) is 5.40. The molecule has 0 aliphatic carbocycles. The van der Waals surface area contributed by atoms with Crippen LogP contribution in [0.5, 0.6) is 0 Å². The Morgan fingerprint density at radius 1 is 1.39 bits per heavy atom. The largest absolute Gasteiger partial charge is 0.376 e. The third-order valence-electron chi connectivity index (χ3n) is 5.03. The van der Waals surface area contributed by atoms with Crippen LogP contribution in [0.4, 0.5) is 5.13 Å². The lowest BCUT2D eigenvalue weighted by molar-refractivity contribution is 0.0912. The summed E-state index contributed by atoms with van der Waals surface area (Å²) < 4.78 is 8.60. The van der Waals surface area contributed by atoms with Gasteiger partial charge in [-0.1, -0.05) is 22.9 Å². The summed E-state index contributed by atoms with van der Waals surface area (Å²) in [6.07, 6.45) is 1.99. The zero-order valence-corrected chi connectivity index (χ0v) is 17.8. The van der Waals surface area contributed by atoms with Gasteiger partial charge in [0.15, 0.2) is 10.8 Å². The van der Waals surface area contributed by atoms with Crippen molar-refractivity contribution in [3.63, 3.8) is 0 Å². The molecule has 0 bridgehead atoms. The fourth-order valence-electron chi connectivity index (χ4n) is 3.57. The van der Waals surface area contributed by atoms with E-state index < -0.39 is 0 Å². The van der Waals surface area contributed by atoms with Gasteiger partial charge in [-0.3, -0.25) is 14.4 Å². The van der Waals surface area contributed by atoms with Gasteiger partial charge in [-0.2, -0.15) is 5.10 Å². The first-order chi connectivity index (χ1) is 13.5. The number of aromatic nitrogens is 3. The normalized spacial score (nSPS) is 16.8. The van der Waals surface area contributed by atoms with Crippen molar-refractivity contribution >= 4 is 44.2 Å². The number of hydrogen-bond donors (Lipinski definition) is 0. The second-order valence-electron chi connectivity index (χ2n) is 7.10. The van der Waals surface area contributed by atoms with Crippen LogP contribution in [0.3, 0.4) is 0 Å². The number of hydrogen-bond acceptors (Lipinski definition) is 5. The molecule has 1 unspecified atom stereocenters. The number of ether oxygens (including phenoxy) is 1. The van der Waals surface area contributed by atoms with E-state index in [1.807, 2.05) is 43.7 Å². The van der Waals surface area contributed by atoms with Crippen molar-refractivity contribution in [2.75, 3.05) is 18.1 Å². The molecule has 1 aliphatic heterocycles. The minimum atomic E-state index is -0.145. The van der Waals surface area contributed by atoms with E-state index in [0.29, 0.717) is 22.4 Å². The van der Waals surface area contributed by atoms with Gasteiger partial charge in [-0.15, -0.1) is 0 Å². The van der Waals surface area contributed by atoms with Crippen molar-refractivity contribution in [1.82, 2.24) is 14.8 Å². The molecule has 1 aromatic carbocycles. The fraction of sp³-hybridized carbons (Fsp3) is 0.450. The van der Waals surface area contributed by atoms with Crippen LogP contribution in [0.15, 0.2) is 18.2 Å². The first-order valence-electron chi connectivity index (χ1n) is 9.51. The molecule has 4 rings (SSSR count). The van der Waals surface area contributed by atoms with Crippen molar-refractivity contribution in [3.05, 3.63) is 40.2 Å². The van der Waals surface area contributed by atoms with E-state index in [1.165, 1.54) is 11.3 Å². The lowest BCUT2D eigenvalue weighted by Crippen LogP contribution is -2.37. The number of nitrogens with zero attached hydrogens (tertiary/aromatic N) is 4. The van der Waals surface area contributed by atoms with E-state index in [1.54, 1.807) is 4.90 Å². The van der Waals surface area contributed by atoms with E-state index in [2.05, 4.69) is 5.10 Å². The first-order valence-corrected chi connectivity index (χ1v) is 10.7. The Morgan fingerprint density at radius 2 is 2.21 bits per heavy atom. The first kappa shape index (κ1) is 19.4. The van der Waals surface area contributed by atoms with Gasteiger partial charge in [0, 0.05) is 23.9 Å². The van der Waals surface area contributed by atoms with Gasteiger partial charge >= 0.3 is 0 Å². The molecule has 3 heterocycles. The molecule has 8 heteroatoms. The minimum Gasteiger partial charge on any atom is -0.376 e. The van der Waals surface area contributed by atoms with E-state index in [4.69, 9.17) is 21.3 Å². The van der Waals surface area contributed by atoms with Gasteiger partial charge < -0.3 is 4.74 Å². The van der Waals surface area contributed by atoms with Gasteiger partial charge in [-0.05, 0) is 57.4 Å². The monoisotopic (exact) mass is 418 g/mol. The maximum atomic E-state index is 13.4. The summed E-state index contributed by atoms with van der Waals surface area (Å²) in [7, 11) is 0. The second-order valence-corrected chi connectivity index (χ2v) is 8.55. The van der Waals surface area contributed by atoms with Crippen LogP contribution in [0, 0.1) is 13.8 Å². The molecule has 3 aromatic rings.